The molecule has 0 saturated carbocycles. The Morgan fingerprint density at radius 3 is 2.57 bits per heavy atom. The summed E-state index contributed by atoms with van der Waals surface area (Å²) in [4.78, 5) is 0. The fourth-order valence-corrected chi connectivity index (χ4v) is 0.421. The Balaban J connectivity index is 3.12. The van der Waals surface area contributed by atoms with Gasteiger partial charge in [0.15, 0.2) is 10.9 Å². The maximum atomic E-state index is 11.9. The molecule has 0 atom stereocenters. The van der Waals surface area contributed by atoms with E-state index >= 15 is 0 Å². The van der Waals surface area contributed by atoms with E-state index in [1.54, 1.807) is 0 Å². The highest BCUT2D eigenvalue weighted by atomic mass is 32.1. The third-order valence-corrected chi connectivity index (χ3v) is 0.917. The molecule has 0 aromatic carbocycles. The summed E-state index contributed by atoms with van der Waals surface area (Å²) in [5.74, 6) is -0.414. The monoisotopic (exact) mass is 118 g/mol. The average molecular weight is 118 g/mol. The first-order valence-corrected chi connectivity index (χ1v) is 2.17. The highest BCUT2D eigenvalue weighted by Crippen LogP contribution is 2.10. The van der Waals surface area contributed by atoms with Crippen molar-refractivity contribution in [2.45, 2.75) is 5.09 Å². The summed E-state index contributed by atoms with van der Waals surface area (Å²) >= 11 is 3.61. The van der Waals surface area contributed by atoms with Crippen LogP contribution in [0.5, 0.6) is 0 Å². The zero-order valence-corrected chi connectivity index (χ0v) is 4.28. The van der Waals surface area contributed by atoms with Gasteiger partial charge in [-0.15, -0.1) is 12.6 Å². The van der Waals surface area contributed by atoms with Crippen LogP contribution in [0.1, 0.15) is 0 Å². The highest BCUT2D eigenvalue weighted by molar-refractivity contribution is 7.80. The molecule has 0 fully saturated rings. The lowest BCUT2D eigenvalue weighted by molar-refractivity contribution is 0.435. The third-order valence-electron chi connectivity index (χ3n) is 0.598. The van der Waals surface area contributed by atoms with Crippen molar-refractivity contribution < 1.29 is 8.81 Å². The van der Waals surface area contributed by atoms with Gasteiger partial charge in [-0.3, -0.25) is 0 Å². The summed E-state index contributed by atoms with van der Waals surface area (Å²) in [6, 6.07) is 1.21. The first-order chi connectivity index (χ1) is 3.30. The van der Waals surface area contributed by atoms with Gasteiger partial charge in [-0.25, -0.2) is 4.39 Å². The molecule has 7 heavy (non-hydrogen) atoms. The quantitative estimate of drug-likeness (QED) is 0.512. The Kier molecular flexibility index (Phi) is 1.06. The lowest BCUT2D eigenvalue weighted by atomic mass is 10.6. The van der Waals surface area contributed by atoms with Crippen LogP contribution >= 0.6 is 12.6 Å². The Labute approximate surface area is 45.5 Å². The molecule has 0 aliphatic heterocycles. The van der Waals surface area contributed by atoms with Gasteiger partial charge in [-0.1, -0.05) is 0 Å². The van der Waals surface area contributed by atoms with Gasteiger partial charge in [-0.05, 0) is 0 Å². The average Bonchev–Trinajstić information content (AvgIpc) is 1.91. The van der Waals surface area contributed by atoms with Crippen LogP contribution < -0.4 is 0 Å². The second kappa shape index (κ2) is 1.58. The van der Waals surface area contributed by atoms with Gasteiger partial charge in [0.1, 0.15) is 0 Å². The largest absolute Gasteiger partial charge is 0.455 e. The molecular formula is C4H3FOS. The number of thiol groups is 1. The summed E-state index contributed by atoms with van der Waals surface area (Å²) in [6.45, 7) is 0. The Morgan fingerprint density at radius 2 is 2.43 bits per heavy atom. The molecule has 0 amide bonds. The maximum absolute atomic E-state index is 11.9. The molecular weight excluding hydrogens is 115 g/mol. The smallest absolute Gasteiger partial charge is 0.192 e. The Bertz CT molecular complexity index is 144. The van der Waals surface area contributed by atoms with Crippen molar-refractivity contribution in [1.82, 2.24) is 0 Å². The third kappa shape index (κ3) is 0.771. The van der Waals surface area contributed by atoms with E-state index in [4.69, 9.17) is 0 Å². The molecule has 1 nitrogen and oxygen atoms in total. The summed E-state index contributed by atoms with van der Waals surface area (Å²) in [5.41, 5.74) is 0. The van der Waals surface area contributed by atoms with Crippen molar-refractivity contribution >= 4 is 12.6 Å². The van der Waals surface area contributed by atoms with E-state index in [1.165, 1.54) is 12.3 Å². The van der Waals surface area contributed by atoms with Gasteiger partial charge >= 0.3 is 0 Å². The molecule has 1 aromatic rings. The van der Waals surface area contributed by atoms with E-state index < -0.39 is 5.82 Å². The molecule has 1 rings (SSSR count). The van der Waals surface area contributed by atoms with E-state index in [9.17, 15) is 4.39 Å². The second-order valence-electron chi connectivity index (χ2n) is 1.07. The van der Waals surface area contributed by atoms with Crippen molar-refractivity contribution in [3.63, 3.8) is 0 Å². The van der Waals surface area contributed by atoms with E-state index in [1.807, 2.05) is 0 Å². The number of hydrogen-bond acceptors (Lipinski definition) is 2. The summed E-state index contributed by atoms with van der Waals surface area (Å²) in [6.07, 6.45) is 1.25. The molecule has 38 valence electrons. The fraction of sp³-hybridized carbons (Fsp3) is 0. The van der Waals surface area contributed by atoms with Crippen molar-refractivity contribution in [1.29, 1.82) is 0 Å². The molecule has 0 spiro atoms. The van der Waals surface area contributed by atoms with Crippen LogP contribution in [0.15, 0.2) is 21.8 Å². The molecule has 0 radical (unpaired) electrons. The molecule has 1 heterocycles. The minimum absolute atomic E-state index is 0.0417. The Hall–Kier alpha value is -0.440. The van der Waals surface area contributed by atoms with Crippen LogP contribution in [0.2, 0.25) is 0 Å². The van der Waals surface area contributed by atoms with Crippen molar-refractivity contribution in [3.05, 3.63) is 18.1 Å². The fourth-order valence-electron chi connectivity index (χ4n) is 0.286. The minimum Gasteiger partial charge on any atom is -0.455 e. The molecule has 0 bridgehead atoms. The van der Waals surface area contributed by atoms with E-state index in [2.05, 4.69) is 17.0 Å². The molecule has 0 saturated heterocycles. The zero-order valence-electron chi connectivity index (χ0n) is 3.39. The van der Waals surface area contributed by atoms with Gasteiger partial charge in [0.05, 0.1) is 6.26 Å². The van der Waals surface area contributed by atoms with Gasteiger partial charge in [0.25, 0.3) is 0 Å². The zero-order chi connectivity index (χ0) is 5.28. The molecule has 0 N–H and O–H groups in total. The van der Waals surface area contributed by atoms with Gasteiger partial charge in [0, 0.05) is 6.07 Å². The van der Waals surface area contributed by atoms with Crippen LogP contribution in [-0.2, 0) is 0 Å². The maximum Gasteiger partial charge on any atom is 0.192 e. The van der Waals surface area contributed by atoms with E-state index in [-0.39, 0.29) is 5.09 Å². The molecule has 0 aliphatic rings. The predicted octanol–water partition coefficient (Wildman–Crippen LogP) is 1.71. The highest BCUT2D eigenvalue weighted by Gasteiger charge is 1.95. The molecule has 3 heteroatoms. The summed E-state index contributed by atoms with van der Waals surface area (Å²) in [5, 5.41) is 0.0417. The van der Waals surface area contributed by atoms with Crippen LogP contribution in [0, 0.1) is 5.82 Å². The minimum atomic E-state index is -0.414. The normalized spacial score (nSPS) is 9.43. The Morgan fingerprint density at radius 1 is 1.71 bits per heavy atom. The SMILES string of the molecule is Fc1ccoc1S. The number of rotatable bonds is 0. The summed E-state index contributed by atoms with van der Waals surface area (Å²) < 4.78 is 16.4. The lowest BCUT2D eigenvalue weighted by Crippen LogP contribution is -1.59. The van der Waals surface area contributed by atoms with Crippen molar-refractivity contribution in [2.24, 2.45) is 0 Å². The van der Waals surface area contributed by atoms with Gasteiger partial charge in [-0.2, -0.15) is 0 Å². The van der Waals surface area contributed by atoms with Crippen LogP contribution in [0.3, 0.4) is 0 Å². The van der Waals surface area contributed by atoms with Gasteiger partial charge < -0.3 is 4.42 Å². The topological polar surface area (TPSA) is 13.1 Å². The molecule has 0 unspecified atom stereocenters. The van der Waals surface area contributed by atoms with Crippen molar-refractivity contribution in [2.75, 3.05) is 0 Å². The molecule has 0 aliphatic carbocycles. The number of hydrogen-bond donors (Lipinski definition) is 1. The van der Waals surface area contributed by atoms with Crippen LogP contribution in [-0.4, -0.2) is 0 Å². The van der Waals surface area contributed by atoms with Crippen LogP contribution in [0.25, 0.3) is 0 Å². The number of halogens is 1. The second-order valence-corrected chi connectivity index (χ2v) is 1.48. The van der Waals surface area contributed by atoms with Crippen molar-refractivity contribution in [3.8, 4) is 0 Å². The predicted molar refractivity (Wildman–Crippen MR) is 25.9 cm³/mol. The van der Waals surface area contributed by atoms with Crippen LogP contribution in [0.4, 0.5) is 4.39 Å². The van der Waals surface area contributed by atoms with E-state index in [0.717, 1.165) is 0 Å². The van der Waals surface area contributed by atoms with Gasteiger partial charge in [0.2, 0.25) is 0 Å². The lowest BCUT2D eigenvalue weighted by Gasteiger charge is -1.74. The first-order valence-electron chi connectivity index (χ1n) is 1.72. The first kappa shape index (κ1) is 4.71. The standard InChI is InChI=1S/C4H3FOS/c5-3-1-2-6-4(3)7/h1-2,7H. The van der Waals surface area contributed by atoms with E-state index in [0.29, 0.717) is 0 Å². The number of furan rings is 1. The summed E-state index contributed by atoms with van der Waals surface area (Å²) in [7, 11) is 0. The molecule has 1 aromatic heterocycles.